The summed E-state index contributed by atoms with van der Waals surface area (Å²) in [6.07, 6.45) is 0. The summed E-state index contributed by atoms with van der Waals surface area (Å²) in [5, 5.41) is 10.9. The molecule has 1 aromatic heterocycles. The van der Waals surface area contributed by atoms with Gasteiger partial charge in [0.05, 0.1) is 11.3 Å². The van der Waals surface area contributed by atoms with E-state index in [4.69, 9.17) is 4.42 Å². The second-order valence-electron chi connectivity index (χ2n) is 8.00. The van der Waals surface area contributed by atoms with Gasteiger partial charge < -0.3 is 24.2 Å². The highest BCUT2D eigenvalue weighted by atomic mass is 16.3. The number of likely N-dealkylation sites (N-methyl/N-ethyl adjacent to an activating group) is 2. The molecule has 2 aliphatic heterocycles. The smallest absolute Gasteiger partial charge is 0.290 e. The maximum absolute atomic E-state index is 13.9. The predicted octanol–water partition coefficient (Wildman–Crippen LogP) is 2.25. The van der Waals surface area contributed by atoms with E-state index in [0.717, 1.165) is 0 Å². The Morgan fingerprint density at radius 3 is 2.48 bits per heavy atom. The topological polar surface area (TPSA) is 94.3 Å². The van der Waals surface area contributed by atoms with Crippen LogP contribution in [0, 0.1) is 6.92 Å². The van der Waals surface area contributed by atoms with Gasteiger partial charge in [0.15, 0.2) is 17.1 Å². The molecule has 1 atom stereocenters. The molecule has 8 nitrogen and oxygen atoms in total. The van der Waals surface area contributed by atoms with Gasteiger partial charge in [0.1, 0.15) is 5.76 Å². The number of benzene rings is 1. The minimum atomic E-state index is -1.73. The second-order valence-corrected chi connectivity index (χ2v) is 8.00. The predicted molar refractivity (Wildman–Crippen MR) is 114 cm³/mol. The number of para-hydroxylation sites is 1. The molecule has 0 saturated carbocycles. The van der Waals surface area contributed by atoms with Crippen molar-refractivity contribution < 1.29 is 23.9 Å². The van der Waals surface area contributed by atoms with Crippen LogP contribution in [0.25, 0.3) is 0 Å². The molecule has 0 saturated heterocycles. The lowest BCUT2D eigenvalue weighted by atomic mass is 9.81. The number of fused-ring (bicyclic) bond motifs is 2. The summed E-state index contributed by atoms with van der Waals surface area (Å²) >= 11 is 0. The second kappa shape index (κ2) is 7.39. The number of nitrogens with zero attached hydrogens (tertiary/aromatic N) is 3. The molecular weight excluding hydrogens is 398 g/mol. The summed E-state index contributed by atoms with van der Waals surface area (Å²) in [6.45, 7) is 4.48. The van der Waals surface area contributed by atoms with Gasteiger partial charge in [-0.3, -0.25) is 14.4 Å². The highest BCUT2D eigenvalue weighted by Crippen LogP contribution is 2.53. The average molecular weight is 423 g/mol. The number of hydrogen-bond acceptors (Lipinski definition) is 6. The first-order valence-electron chi connectivity index (χ1n) is 10.2. The number of aliphatic hydroxyl groups is 1. The molecule has 31 heavy (non-hydrogen) atoms. The maximum atomic E-state index is 13.9. The number of anilines is 1. The van der Waals surface area contributed by atoms with Crippen LogP contribution in [0.2, 0.25) is 0 Å². The number of Topliss-reactive ketones (excluding diaryl/α,β-unsaturated/α-hetero) is 1. The SMILES string of the molecule is CCN1C(=O)C2(C(C(=O)c3ccc(C)o3)=C(O)C(=O)N2CCN(C)C)c2ccccc21. The number of aryl methyl sites for hydroxylation is 1. The van der Waals surface area contributed by atoms with E-state index in [9.17, 15) is 19.5 Å². The van der Waals surface area contributed by atoms with Crippen LogP contribution in [0.1, 0.15) is 28.8 Å². The van der Waals surface area contributed by atoms with E-state index in [1.807, 2.05) is 25.9 Å². The van der Waals surface area contributed by atoms with Crippen LogP contribution in [0.15, 0.2) is 52.1 Å². The number of furan rings is 1. The van der Waals surface area contributed by atoms with Gasteiger partial charge >= 0.3 is 0 Å². The molecule has 0 bridgehead atoms. The van der Waals surface area contributed by atoms with Gasteiger partial charge in [-0.15, -0.1) is 0 Å². The Hall–Kier alpha value is -3.39. The number of aliphatic hydroxyl groups excluding tert-OH is 1. The molecule has 0 aliphatic carbocycles. The Labute approximate surface area is 180 Å². The van der Waals surface area contributed by atoms with Crippen LogP contribution in [0.4, 0.5) is 5.69 Å². The molecular formula is C23H25N3O5. The number of carbonyl (C=O) groups excluding carboxylic acids is 3. The summed E-state index contributed by atoms with van der Waals surface area (Å²) in [7, 11) is 3.70. The van der Waals surface area contributed by atoms with Crippen LogP contribution in [0.5, 0.6) is 0 Å². The number of rotatable bonds is 6. The molecule has 0 radical (unpaired) electrons. The third-order valence-electron chi connectivity index (χ3n) is 5.87. The minimum absolute atomic E-state index is 0.0269. The van der Waals surface area contributed by atoms with Crippen molar-refractivity contribution >= 4 is 23.3 Å². The number of carbonyl (C=O) groups is 3. The third kappa shape index (κ3) is 2.82. The largest absolute Gasteiger partial charge is 0.503 e. The monoisotopic (exact) mass is 423 g/mol. The molecule has 8 heteroatoms. The van der Waals surface area contributed by atoms with E-state index in [0.29, 0.717) is 30.1 Å². The first kappa shape index (κ1) is 20.9. The molecule has 1 aromatic carbocycles. The van der Waals surface area contributed by atoms with E-state index < -0.39 is 28.9 Å². The Morgan fingerprint density at radius 2 is 1.87 bits per heavy atom. The zero-order valence-electron chi connectivity index (χ0n) is 18.0. The molecule has 1 spiro atoms. The van der Waals surface area contributed by atoms with Crippen molar-refractivity contribution in [2.75, 3.05) is 38.6 Å². The van der Waals surface area contributed by atoms with Gasteiger partial charge in [0, 0.05) is 25.2 Å². The van der Waals surface area contributed by atoms with Gasteiger partial charge in [-0.25, -0.2) is 0 Å². The molecule has 162 valence electrons. The van der Waals surface area contributed by atoms with Gasteiger partial charge in [0.2, 0.25) is 5.78 Å². The normalized spacial score (nSPS) is 20.5. The van der Waals surface area contributed by atoms with Crippen molar-refractivity contribution in [2.24, 2.45) is 0 Å². The van der Waals surface area contributed by atoms with Crippen LogP contribution < -0.4 is 4.90 Å². The van der Waals surface area contributed by atoms with E-state index in [1.54, 1.807) is 42.2 Å². The molecule has 2 amide bonds. The fraction of sp³-hybridized carbons (Fsp3) is 0.348. The summed E-state index contributed by atoms with van der Waals surface area (Å²) < 4.78 is 5.50. The quantitative estimate of drug-likeness (QED) is 0.717. The third-order valence-corrected chi connectivity index (χ3v) is 5.87. The Bertz CT molecular complexity index is 1120. The molecule has 1 N–H and O–H groups in total. The first-order chi connectivity index (χ1) is 14.7. The van der Waals surface area contributed by atoms with Gasteiger partial charge in [-0.05, 0) is 46.1 Å². The van der Waals surface area contributed by atoms with Crippen molar-refractivity contribution in [3.8, 4) is 0 Å². The van der Waals surface area contributed by atoms with Crippen LogP contribution in [-0.4, -0.2) is 66.2 Å². The summed E-state index contributed by atoms with van der Waals surface area (Å²) in [4.78, 5) is 45.4. The van der Waals surface area contributed by atoms with E-state index >= 15 is 0 Å². The zero-order chi connectivity index (χ0) is 22.5. The number of ketones is 1. The standard InChI is InChI=1S/C23H25N3O5/c1-5-25-16-9-7-6-8-15(16)23(22(25)30)18(19(27)17-11-10-14(2)31-17)20(28)21(29)26(23)13-12-24(3)4/h6-11,28H,5,12-13H2,1-4H3. The van der Waals surface area contributed by atoms with E-state index in [-0.39, 0.29) is 17.9 Å². The van der Waals surface area contributed by atoms with Gasteiger partial charge in [-0.1, -0.05) is 18.2 Å². The van der Waals surface area contributed by atoms with Gasteiger partial charge in [-0.2, -0.15) is 0 Å². The fourth-order valence-corrected chi connectivity index (χ4v) is 4.47. The Kier molecular flexibility index (Phi) is 4.97. The van der Waals surface area contributed by atoms with Crippen molar-refractivity contribution in [2.45, 2.75) is 19.4 Å². The van der Waals surface area contributed by atoms with Gasteiger partial charge in [0.25, 0.3) is 11.8 Å². The van der Waals surface area contributed by atoms with Crippen molar-refractivity contribution in [3.05, 3.63) is 64.8 Å². The molecule has 4 rings (SSSR count). The van der Waals surface area contributed by atoms with Crippen LogP contribution in [-0.2, 0) is 15.1 Å². The lowest BCUT2D eigenvalue weighted by molar-refractivity contribution is -0.139. The van der Waals surface area contributed by atoms with E-state index in [1.165, 1.54) is 11.0 Å². The Morgan fingerprint density at radius 1 is 1.16 bits per heavy atom. The van der Waals surface area contributed by atoms with Crippen molar-refractivity contribution in [1.29, 1.82) is 0 Å². The van der Waals surface area contributed by atoms with E-state index in [2.05, 4.69) is 0 Å². The number of hydrogen-bond donors (Lipinski definition) is 1. The molecule has 0 fully saturated rings. The zero-order valence-corrected chi connectivity index (χ0v) is 18.0. The van der Waals surface area contributed by atoms with Crippen molar-refractivity contribution in [3.63, 3.8) is 0 Å². The lowest BCUT2D eigenvalue weighted by Gasteiger charge is -2.36. The summed E-state index contributed by atoms with van der Waals surface area (Å²) in [5.41, 5.74) is -0.862. The molecule has 2 aliphatic rings. The highest BCUT2D eigenvalue weighted by Gasteiger charge is 2.65. The lowest BCUT2D eigenvalue weighted by Crippen LogP contribution is -2.55. The minimum Gasteiger partial charge on any atom is -0.503 e. The molecule has 3 heterocycles. The fourth-order valence-electron chi connectivity index (χ4n) is 4.47. The van der Waals surface area contributed by atoms with Crippen LogP contribution >= 0.6 is 0 Å². The summed E-state index contributed by atoms with van der Waals surface area (Å²) in [5.74, 6) is -2.07. The number of amides is 2. The molecule has 2 aromatic rings. The maximum Gasteiger partial charge on any atom is 0.290 e. The van der Waals surface area contributed by atoms with Crippen LogP contribution in [0.3, 0.4) is 0 Å². The highest BCUT2D eigenvalue weighted by molar-refractivity contribution is 6.25. The average Bonchev–Trinajstić information content (AvgIpc) is 3.34. The first-order valence-corrected chi connectivity index (χ1v) is 10.2. The summed E-state index contributed by atoms with van der Waals surface area (Å²) in [6, 6.07) is 10.2. The Balaban J connectivity index is 1.99. The molecule has 1 unspecified atom stereocenters. The van der Waals surface area contributed by atoms with Crippen molar-refractivity contribution in [1.82, 2.24) is 9.80 Å².